The molecule has 4 nitrogen and oxygen atoms in total. The van der Waals surface area contributed by atoms with E-state index in [4.69, 9.17) is 5.11 Å². The van der Waals surface area contributed by atoms with Gasteiger partial charge in [-0.25, -0.2) is 4.79 Å². The van der Waals surface area contributed by atoms with E-state index in [1.807, 2.05) is 13.8 Å². The number of anilines is 1. The van der Waals surface area contributed by atoms with E-state index in [0.29, 0.717) is 12.1 Å². The first kappa shape index (κ1) is 11.4. The summed E-state index contributed by atoms with van der Waals surface area (Å²) in [6, 6.07) is 6.32. The molecular formula is C13H13NO3. The van der Waals surface area contributed by atoms with Gasteiger partial charge in [-0.3, -0.25) is 9.69 Å². The van der Waals surface area contributed by atoms with Gasteiger partial charge in [0.1, 0.15) is 0 Å². The standard InChI is InChI=1S/C13H13NO3/c1-8-7-12(15)14(9(8)2)11-5-3-10(4-6-11)13(16)17/h3-6H,7H2,1-2H3,(H,16,17). The van der Waals surface area contributed by atoms with Crippen molar-refractivity contribution >= 4 is 17.6 Å². The molecule has 0 radical (unpaired) electrons. The van der Waals surface area contributed by atoms with Crippen molar-refractivity contribution in [2.45, 2.75) is 20.3 Å². The van der Waals surface area contributed by atoms with Gasteiger partial charge in [0, 0.05) is 11.4 Å². The molecule has 0 unspecified atom stereocenters. The minimum absolute atomic E-state index is 0.0306. The maximum atomic E-state index is 11.8. The Morgan fingerprint density at radius 3 is 2.24 bits per heavy atom. The number of amides is 1. The molecule has 88 valence electrons. The first-order chi connectivity index (χ1) is 8.00. The van der Waals surface area contributed by atoms with Crippen LogP contribution in [-0.4, -0.2) is 17.0 Å². The molecule has 0 aliphatic carbocycles. The van der Waals surface area contributed by atoms with Gasteiger partial charge in [0.25, 0.3) is 0 Å². The van der Waals surface area contributed by atoms with E-state index in [1.54, 1.807) is 17.0 Å². The molecule has 0 spiro atoms. The molecule has 0 atom stereocenters. The quantitative estimate of drug-likeness (QED) is 0.850. The van der Waals surface area contributed by atoms with Crippen molar-refractivity contribution < 1.29 is 14.7 Å². The number of carbonyl (C=O) groups excluding carboxylic acids is 1. The Morgan fingerprint density at radius 2 is 1.82 bits per heavy atom. The van der Waals surface area contributed by atoms with Crippen molar-refractivity contribution in [2.75, 3.05) is 4.90 Å². The zero-order chi connectivity index (χ0) is 12.6. The molecule has 2 rings (SSSR count). The van der Waals surface area contributed by atoms with E-state index in [0.717, 1.165) is 11.3 Å². The fraction of sp³-hybridized carbons (Fsp3) is 0.231. The Balaban J connectivity index is 2.35. The average Bonchev–Trinajstić information content (AvgIpc) is 2.53. The molecular weight excluding hydrogens is 218 g/mol. The maximum absolute atomic E-state index is 11.8. The Bertz CT molecular complexity index is 514. The zero-order valence-electron chi connectivity index (χ0n) is 9.73. The second-order valence-corrected chi connectivity index (χ2v) is 4.12. The number of hydrogen-bond donors (Lipinski definition) is 1. The van der Waals surface area contributed by atoms with Crippen LogP contribution in [0, 0.1) is 0 Å². The van der Waals surface area contributed by atoms with Gasteiger partial charge in [0.05, 0.1) is 12.0 Å². The van der Waals surface area contributed by atoms with Crippen molar-refractivity contribution in [3.05, 3.63) is 41.1 Å². The van der Waals surface area contributed by atoms with E-state index in [1.165, 1.54) is 12.1 Å². The summed E-state index contributed by atoms with van der Waals surface area (Å²) in [5.74, 6) is -0.934. The van der Waals surface area contributed by atoms with Crippen molar-refractivity contribution in [2.24, 2.45) is 0 Å². The Hall–Kier alpha value is -2.10. The van der Waals surface area contributed by atoms with Crippen LogP contribution in [0.2, 0.25) is 0 Å². The first-order valence-electron chi connectivity index (χ1n) is 5.33. The van der Waals surface area contributed by atoms with E-state index in [2.05, 4.69) is 0 Å². The van der Waals surface area contributed by atoms with Crippen molar-refractivity contribution in [1.29, 1.82) is 0 Å². The maximum Gasteiger partial charge on any atom is 0.335 e. The molecule has 0 saturated heterocycles. The molecule has 0 saturated carbocycles. The highest BCUT2D eigenvalue weighted by atomic mass is 16.4. The van der Waals surface area contributed by atoms with Gasteiger partial charge in [-0.15, -0.1) is 0 Å². The number of carboxylic acids is 1. The molecule has 1 aromatic carbocycles. The largest absolute Gasteiger partial charge is 0.478 e. The number of carboxylic acid groups (broad SMARTS) is 1. The van der Waals surface area contributed by atoms with Gasteiger partial charge in [0.15, 0.2) is 0 Å². The van der Waals surface area contributed by atoms with Crippen LogP contribution >= 0.6 is 0 Å². The van der Waals surface area contributed by atoms with Crippen LogP contribution in [0.15, 0.2) is 35.5 Å². The summed E-state index contributed by atoms with van der Waals surface area (Å²) in [5.41, 5.74) is 2.92. The molecule has 1 N–H and O–H groups in total. The summed E-state index contributed by atoms with van der Waals surface area (Å²) in [7, 11) is 0. The molecule has 0 bridgehead atoms. The molecule has 1 amide bonds. The highest BCUT2D eigenvalue weighted by Gasteiger charge is 2.26. The van der Waals surface area contributed by atoms with E-state index >= 15 is 0 Å². The minimum atomic E-state index is -0.965. The second kappa shape index (κ2) is 4.05. The molecule has 17 heavy (non-hydrogen) atoms. The predicted molar refractivity (Wildman–Crippen MR) is 63.9 cm³/mol. The molecule has 1 aromatic rings. The van der Waals surface area contributed by atoms with Gasteiger partial charge in [0.2, 0.25) is 5.91 Å². The highest BCUT2D eigenvalue weighted by Crippen LogP contribution is 2.29. The number of rotatable bonds is 2. The smallest absolute Gasteiger partial charge is 0.335 e. The van der Waals surface area contributed by atoms with E-state index in [9.17, 15) is 9.59 Å². The molecule has 0 fully saturated rings. The van der Waals surface area contributed by atoms with Crippen LogP contribution in [0.5, 0.6) is 0 Å². The fourth-order valence-electron chi connectivity index (χ4n) is 1.90. The van der Waals surface area contributed by atoms with Crippen LogP contribution in [0.3, 0.4) is 0 Å². The average molecular weight is 231 g/mol. The van der Waals surface area contributed by atoms with Crippen molar-refractivity contribution in [1.82, 2.24) is 0 Å². The second-order valence-electron chi connectivity index (χ2n) is 4.12. The highest BCUT2D eigenvalue weighted by molar-refractivity contribution is 6.01. The van der Waals surface area contributed by atoms with Gasteiger partial charge >= 0.3 is 5.97 Å². The number of benzene rings is 1. The lowest BCUT2D eigenvalue weighted by atomic mass is 10.2. The molecule has 4 heteroatoms. The van der Waals surface area contributed by atoms with Crippen LogP contribution < -0.4 is 4.90 Å². The Morgan fingerprint density at radius 1 is 1.24 bits per heavy atom. The molecule has 1 aliphatic rings. The van der Waals surface area contributed by atoms with Crippen molar-refractivity contribution in [3.63, 3.8) is 0 Å². The van der Waals surface area contributed by atoms with E-state index in [-0.39, 0.29) is 11.5 Å². The third kappa shape index (κ3) is 1.93. The van der Waals surface area contributed by atoms with Gasteiger partial charge in [-0.1, -0.05) is 0 Å². The summed E-state index contributed by atoms with van der Waals surface area (Å²) >= 11 is 0. The van der Waals surface area contributed by atoms with Crippen molar-refractivity contribution in [3.8, 4) is 0 Å². The Kier molecular flexibility index (Phi) is 2.71. The zero-order valence-corrected chi connectivity index (χ0v) is 9.73. The molecule has 0 aromatic heterocycles. The van der Waals surface area contributed by atoms with Gasteiger partial charge < -0.3 is 5.11 Å². The summed E-state index contributed by atoms with van der Waals surface area (Å²) in [6.07, 6.45) is 0.437. The normalized spacial score (nSPS) is 15.6. The fourth-order valence-corrected chi connectivity index (χ4v) is 1.90. The monoisotopic (exact) mass is 231 g/mol. The third-order valence-electron chi connectivity index (χ3n) is 2.99. The summed E-state index contributed by atoms with van der Waals surface area (Å²) < 4.78 is 0. The van der Waals surface area contributed by atoms with Gasteiger partial charge in [-0.05, 0) is 43.7 Å². The van der Waals surface area contributed by atoms with Crippen LogP contribution in [0.1, 0.15) is 30.6 Å². The molecule has 1 aliphatic heterocycles. The lowest BCUT2D eigenvalue weighted by Gasteiger charge is -2.18. The summed E-state index contributed by atoms with van der Waals surface area (Å²) in [5, 5.41) is 8.80. The summed E-state index contributed by atoms with van der Waals surface area (Å²) in [6.45, 7) is 3.82. The minimum Gasteiger partial charge on any atom is -0.478 e. The number of allylic oxidation sites excluding steroid dienone is 1. The van der Waals surface area contributed by atoms with Gasteiger partial charge in [-0.2, -0.15) is 0 Å². The van der Waals surface area contributed by atoms with E-state index < -0.39 is 5.97 Å². The lowest BCUT2D eigenvalue weighted by Crippen LogP contribution is -2.23. The van der Waals surface area contributed by atoms with Crippen LogP contribution in [0.4, 0.5) is 5.69 Å². The molecule has 1 heterocycles. The third-order valence-corrected chi connectivity index (χ3v) is 2.99. The number of aromatic carboxylic acids is 1. The summed E-state index contributed by atoms with van der Waals surface area (Å²) in [4.78, 5) is 24.1. The van der Waals surface area contributed by atoms with Crippen LogP contribution in [0.25, 0.3) is 0 Å². The predicted octanol–water partition coefficient (Wildman–Crippen LogP) is 2.42. The number of carbonyl (C=O) groups is 2. The topological polar surface area (TPSA) is 57.6 Å². The number of nitrogens with zero attached hydrogens (tertiary/aromatic N) is 1. The Labute approximate surface area is 99.2 Å². The SMILES string of the molecule is CC1=C(C)N(c2ccc(C(=O)O)cc2)C(=O)C1. The first-order valence-corrected chi connectivity index (χ1v) is 5.33. The number of hydrogen-bond acceptors (Lipinski definition) is 2. The lowest BCUT2D eigenvalue weighted by molar-refractivity contribution is -0.116. The van der Waals surface area contributed by atoms with Crippen LogP contribution in [-0.2, 0) is 4.79 Å².